The van der Waals surface area contributed by atoms with Crippen LogP contribution in [-0.2, 0) is 22.4 Å². The highest BCUT2D eigenvalue weighted by molar-refractivity contribution is 5.86. The molecule has 10 nitrogen and oxygen atoms in total. The number of aryl methyl sites for hydroxylation is 1. The molecule has 3 aromatic rings. The normalized spacial score (nSPS) is 14.8. The number of nitrogens with one attached hydrogen (secondary N) is 3. The predicted octanol–water partition coefficient (Wildman–Crippen LogP) is 5.06. The van der Waals surface area contributed by atoms with Crippen molar-refractivity contribution in [2.45, 2.75) is 58.5 Å². The molecular weight excluding hydrogens is 586 g/mol. The molecule has 0 saturated carbocycles. The summed E-state index contributed by atoms with van der Waals surface area (Å²) in [5.74, 6) is 1.76. The lowest BCUT2D eigenvalue weighted by Crippen LogP contribution is -2.45. The fraction of sp³-hybridized carbons (Fsp3) is 0.417. The van der Waals surface area contributed by atoms with Gasteiger partial charge in [-0.3, -0.25) is 14.4 Å². The minimum atomic E-state index is -0.645. The zero-order valence-electron chi connectivity index (χ0n) is 27.7. The van der Waals surface area contributed by atoms with Crippen molar-refractivity contribution in [3.05, 3.63) is 75.4 Å². The summed E-state index contributed by atoms with van der Waals surface area (Å²) in [6, 6.07) is 13.7. The average molecular weight is 632 g/mol. The van der Waals surface area contributed by atoms with Crippen LogP contribution in [0.1, 0.15) is 56.3 Å². The first kappa shape index (κ1) is 34.1. The SMILES string of the molecule is CCC(C)C(Nc1ccc2c(cc1=O)C(NC(C)=O)CCc1cc(OC)c(OC)c(OC)c1-2)C(=O)NCCc1ccc(OC)cc1. The number of amides is 2. The van der Waals surface area contributed by atoms with Crippen LogP contribution in [0.4, 0.5) is 5.69 Å². The number of benzene rings is 2. The first-order valence-corrected chi connectivity index (χ1v) is 15.6. The standard InChI is InChI=1S/C36H45N3O7/c1-8-21(2)33(36(42)37-18-17-23-9-12-25(43-4)13-10-23)39-29-16-14-26-27(20-30(29)41)28(38-22(3)40)15-11-24-19-31(44-5)34(45-6)35(46-7)32(24)26/h9-10,12-14,16,19-21,28,33H,8,11,15,17-18H2,1-7H3,(H,37,42)(H,38,40)(H,39,41). The number of hydrogen-bond donors (Lipinski definition) is 3. The molecule has 0 saturated heterocycles. The number of carbonyl (C=O) groups excluding carboxylic acids is 2. The van der Waals surface area contributed by atoms with Gasteiger partial charge in [0.05, 0.1) is 40.2 Å². The smallest absolute Gasteiger partial charge is 0.242 e. The van der Waals surface area contributed by atoms with E-state index in [1.807, 2.05) is 50.2 Å². The molecule has 3 aromatic carbocycles. The van der Waals surface area contributed by atoms with E-state index in [-0.39, 0.29) is 28.8 Å². The maximum atomic E-state index is 13.9. The van der Waals surface area contributed by atoms with Crippen LogP contribution >= 0.6 is 0 Å². The van der Waals surface area contributed by atoms with E-state index in [1.54, 1.807) is 40.6 Å². The van der Waals surface area contributed by atoms with Crippen molar-refractivity contribution in [1.82, 2.24) is 10.6 Å². The molecule has 2 amide bonds. The van der Waals surface area contributed by atoms with E-state index in [2.05, 4.69) is 16.0 Å². The minimum absolute atomic E-state index is 0.0617. The Labute approximate surface area is 270 Å². The lowest BCUT2D eigenvalue weighted by Gasteiger charge is -2.24. The number of carbonyl (C=O) groups is 2. The third-order valence-electron chi connectivity index (χ3n) is 8.59. The highest BCUT2D eigenvalue weighted by Gasteiger charge is 2.30. The maximum Gasteiger partial charge on any atom is 0.242 e. The molecule has 1 aliphatic rings. The molecule has 0 heterocycles. The highest BCUT2D eigenvalue weighted by Crippen LogP contribution is 2.50. The summed E-state index contributed by atoms with van der Waals surface area (Å²) in [7, 11) is 6.30. The third kappa shape index (κ3) is 7.55. The van der Waals surface area contributed by atoms with Gasteiger partial charge in [-0.2, -0.15) is 0 Å². The lowest BCUT2D eigenvalue weighted by atomic mass is 9.95. The van der Waals surface area contributed by atoms with Crippen molar-refractivity contribution in [3.63, 3.8) is 0 Å². The number of ether oxygens (including phenoxy) is 4. The van der Waals surface area contributed by atoms with E-state index in [0.29, 0.717) is 48.6 Å². The second kappa shape index (κ2) is 15.5. The summed E-state index contributed by atoms with van der Waals surface area (Å²) in [5.41, 5.74) is 4.14. The first-order chi connectivity index (χ1) is 22.1. The van der Waals surface area contributed by atoms with Gasteiger partial charge >= 0.3 is 0 Å². The van der Waals surface area contributed by atoms with Crippen molar-refractivity contribution in [1.29, 1.82) is 0 Å². The van der Waals surface area contributed by atoms with Gasteiger partial charge in [0.1, 0.15) is 11.8 Å². The molecule has 1 aliphatic carbocycles. The molecule has 4 rings (SSSR count). The van der Waals surface area contributed by atoms with Crippen LogP contribution in [0, 0.1) is 5.92 Å². The van der Waals surface area contributed by atoms with E-state index in [9.17, 15) is 14.4 Å². The van der Waals surface area contributed by atoms with E-state index in [4.69, 9.17) is 18.9 Å². The Balaban J connectivity index is 1.72. The summed E-state index contributed by atoms with van der Waals surface area (Å²) < 4.78 is 22.4. The molecule has 0 aliphatic heterocycles. The Morgan fingerprint density at radius 2 is 1.65 bits per heavy atom. The molecular formula is C36H45N3O7. The monoisotopic (exact) mass is 631 g/mol. The Hall–Kier alpha value is -4.73. The number of anilines is 1. The largest absolute Gasteiger partial charge is 0.497 e. The van der Waals surface area contributed by atoms with Gasteiger partial charge in [-0.05, 0) is 77.8 Å². The average Bonchev–Trinajstić information content (AvgIpc) is 3.30. The van der Waals surface area contributed by atoms with Gasteiger partial charge in [0.15, 0.2) is 11.5 Å². The van der Waals surface area contributed by atoms with Gasteiger partial charge in [0.25, 0.3) is 0 Å². The van der Waals surface area contributed by atoms with Crippen molar-refractivity contribution in [3.8, 4) is 34.1 Å². The summed E-state index contributed by atoms with van der Waals surface area (Å²) in [6.45, 7) is 5.90. The van der Waals surface area contributed by atoms with Crippen LogP contribution in [0.15, 0.2) is 53.3 Å². The molecule has 0 aromatic heterocycles. The molecule has 3 atom stereocenters. The summed E-state index contributed by atoms with van der Waals surface area (Å²) in [4.78, 5) is 39.6. The van der Waals surface area contributed by atoms with Crippen LogP contribution in [0.25, 0.3) is 11.1 Å². The van der Waals surface area contributed by atoms with Crippen LogP contribution in [0.3, 0.4) is 0 Å². The maximum absolute atomic E-state index is 13.9. The van der Waals surface area contributed by atoms with Gasteiger partial charge in [-0.15, -0.1) is 0 Å². The number of fused-ring (bicyclic) bond motifs is 3. The van der Waals surface area contributed by atoms with Crippen LogP contribution in [-0.4, -0.2) is 52.8 Å². The zero-order chi connectivity index (χ0) is 33.4. The van der Waals surface area contributed by atoms with E-state index < -0.39 is 12.1 Å². The minimum Gasteiger partial charge on any atom is -0.497 e. The number of methoxy groups -OCH3 is 4. The van der Waals surface area contributed by atoms with Gasteiger partial charge in [-0.1, -0.05) is 38.5 Å². The fourth-order valence-electron chi connectivity index (χ4n) is 5.93. The van der Waals surface area contributed by atoms with E-state index in [0.717, 1.165) is 34.4 Å². The van der Waals surface area contributed by atoms with Crippen molar-refractivity contribution >= 4 is 17.5 Å². The molecule has 46 heavy (non-hydrogen) atoms. The van der Waals surface area contributed by atoms with E-state index >= 15 is 0 Å². The summed E-state index contributed by atoms with van der Waals surface area (Å²) in [5, 5.41) is 9.33. The molecule has 0 bridgehead atoms. The summed E-state index contributed by atoms with van der Waals surface area (Å²) >= 11 is 0. The van der Waals surface area contributed by atoms with E-state index in [1.165, 1.54) is 6.92 Å². The fourth-order valence-corrected chi connectivity index (χ4v) is 5.93. The Morgan fingerprint density at radius 1 is 0.935 bits per heavy atom. The molecule has 0 radical (unpaired) electrons. The second-order valence-electron chi connectivity index (χ2n) is 11.5. The van der Waals surface area contributed by atoms with Crippen molar-refractivity contribution in [2.75, 3.05) is 40.3 Å². The van der Waals surface area contributed by atoms with Crippen LogP contribution in [0.5, 0.6) is 23.0 Å². The molecule has 10 heteroatoms. The molecule has 0 fully saturated rings. The number of hydrogen-bond acceptors (Lipinski definition) is 8. The van der Waals surface area contributed by atoms with Gasteiger partial charge in [0.2, 0.25) is 23.0 Å². The van der Waals surface area contributed by atoms with Crippen molar-refractivity contribution < 1.29 is 28.5 Å². The predicted molar refractivity (Wildman–Crippen MR) is 179 cm³/mol. The van der Waals surface area contributed by atoms with Crippen molar-refractivity contribution in [2.24, 2.45) is 5.92 Å². The highest BCUT2D eigenvalue weighted by atomic mass is 16.5. The molecule has 3 N–H and O–H groups in total. The lowest BCUT2D eigenvalue weighted by molar-refractivity contribution is -0.123. The topological polar surface area (TPSA) is 124 Å². The molecule has 246 valence electrons. The van der Waals surface area contributed by atoms with Gasteiger partial charge in [0, 0.05) is 19.0 Å². The molecule has 0 spiro atoms. The second-order valence-corrected chi connectivity index (χ2v) is 11.5. The van der Waals surface area contributed by atoms with Gasteiger partial charge in [-0.25, -0.2) is 0 Å². The van der Waals surface area contributed by atoms with Crippen LogP contribution < -0.4 is 40.3 Å². The van der Waals surface area contributed by atoms with Gasteiger partial charge < -0.3 is 34.9 Å². The zero-order valence-corrected chi connectivity index (χ0v) is 27.7. The Morgan fingerprint density at radius 3 is 2.26 bits per heavy atom. The number of rotatable bonds is 13. The first-order valence-electron chi connectivity index (χ1n) is 15.6. The Bertz CT molecular complexity index is 1610. The van der Waals surface area contributed by atoms with Crippen LogP contribution in [0.2, 0.25) is 0 Å². The quantitative estimate of drug-likeness (QED) is 0.239. The third-order valence-corrected chi connectivity index (χ3v) is 8.59. The summed E-state index contributed by atoms with van der Waals surface area (Å²) in [6.07, 6.45) is 2.53. The molecule has 3 unspecified atom stereocenters. The Kier molecular flexibility index (Phi) is 11.5.